The summed E-state index contributed by atoms with van der Waals surface area (Å²) in [5.74, 6) is 1.56. The van der Waals surface area contributed by atoms with E-state index in [0.29, 0.717) is 18.0 Å². The second kappa shape index (κ2) is 9.50. The van der Waals surface area contributed by atoms with Crippen LogP contribution in [0, 0.1) is 5.92 Å². The number of likely N-dealkylation sites (tertiary alicyclic amines) is 1. The van der Waals surface area contributed by atoms with Gasteiger partial charge in [0.15, 0.2) is 0 Å². The van der Waals surface area contributed by atoms with Gasteiger partial charge in [0.1, 0.15) is 11.5 Å². The van der Waals surface area contributed by atoms with Gasteiger partial charge in [-0.2, -0.15) is 0 Å². The molecule has 2 aliphatic heterocycles. The number of rotatable bonds is 5. The lowest BCUT2D eigenvalue weighted by atomic mass is 9.81. The van der Waals surface area contributed by atoms with Crippen LogP contribution in [-0.2, 0) is 0 Å². The van der Waals surface area contributed by atoms with Crippen molar-refractivity contribution < 1.29 is 19.4 Å². The second-order valence-electron chi connectivity index (χ2n) is 9.08. The minimum absolute atomic E-state index is 0.0410. The van der Waals surface area contributed by atoms with Crippen LogP contribution in [0.15, 0.2) is 66.7 Å². The summed E-state index contributed by atoms with van der Waals surface area (Å²) in [6, 6.07) is 21.4. The number of methoxy groups -OCH3 is 2. The number of nitrogens with zero attached hydrogens (tertiary/aromatic N) is 2. The molecule has 182 valence electrons. The van der Waals surface area contributed by atoms with Gasteiger partial charge in [-0.25, -0.2) is 4.79 Å². The van der Waals surface area contributed by atoms with E-state index in [1.165, 1.54) is 0 Å². The fourth-order valence-corrected chi connectivity index (χ4v) is 5.58. The number of nitrogens with one attached hydrogen (secondary N) is 1. The van der Waals surface area contributed by atoms with Crippen LogP contribution in [-0.4, -0.2) is 56.5 Å². The number of likely N-dealkylation sites (N-methyl/N-ethyl adjacent to an activating group) is 1. The molecule has 7 heteroatoms. The van der Waals surface area contributed by atoms with E-state index in [9.17, 15) is 9.90 Å². The summed E-state index contributed by atoms with van der Waals surface area (Å²) in [5, 5.41) is 13.3. The number of carbonyl (C=O) groups is 1. The standard InChI is InChI=1S/C28H31N3O4/c1-30-24-13-10-19(18-8-11-20(34-2)12-9-18)16-22(24)27-21(25(30)17-32)14-15-31(27)28(33)29-23-6-4-5-7-26(23)35-3/h4-13,16,21,25,27,32H,14-15,17H2,1-3H3,(H,29,33)/t21-,25+,27-/m1/s1. The predicted molar refractivity (Wildman–Crippen MR) is 137 cm³/mol. The first-order valence-electron chi connectivity index (χ1n) is 11.9. The van der Waals surface area contributed by atoms with Crippen molar-refractivity contribution >= 4 is 17.4 Å². The third kappa shape index (κ3) is 4.06. The van der Waals surface area contributed by atoms with Gasteiger partial charge in [-0.1, -0.05) is 30.3 Å². The summed E-state index contributed by atoms with van der Waals surface area (Å²) in [7, 11) is 5.28. The minimum Gasteiger partial charge on any atom is -0.497 e. The Labute approximate surface area is 205 Å². The summed E-state index contributed by atoms with van der Waals surface area (Å²) in [5.41, 5.74) is 4.95. The van der Waals surface area contributed by atoms with Crippen molar-refractivity contribution in [3.63, 3.8) is 0 Å². The molecule has 3 aromatic rings. The number of fused-ring (bicyclic) bond motifs is 3. The van der Waals surface area contributed by atoms with E-state index in [-0.39, 0.29) is 30.6 Å². The molecule has 0 spiro atoms. The molecule has 0 aromatic heterocycles. The molecule has 0 saturated carbocycles. The monoisotopic (exact) mass is 473 g/mol. The molecule has 2 aliphatic rings. The lowest BCUT2D eigenvalue weighted by Gasteiger charge is -2.44. The van der Waals surface area contributed by atoms with E-state index in [0.717, 1.165) is 34.5 Å². The number of ether oxygens (including phenoxy) is 2. The molecule has 0 aliphatic carbocycles. The first-order valence-corrected chi connectivity index (χ1v) is 11.9. The van der Waals surface area contributed by atoms with Crippen molar-refractivity contribution in [2.75, 3.05) is 44.6 Å². The van der Waals surface area contributed by atoms with E-state index >= 15 is 0 Å². The SMILES string of the molecule is COc1ccc(-c2ccc3c(c2)[C@H]2[C@H](CCN2C(=O)Nc2ccccc2OC)[C@H](CO)N3C)cc1. The number of aliphatic hydroxyl groups excluding tert-OH is 1. The molecule has 3 atom stereocenters. The lowest BCUT2D eigenvalue weighted by Crippen LogP contribution is -2.48. The van der Waals surface area contributed by atoms with E-state index in [2.05, 4.69) is 28.4 Å². The van der Waals surface area contributed by atoms with Crippen LogP contribution in [0.5, 0.6) is 11.5 Å². The number of urea groups is 1. The first-order chi connectivity index (χ1) is 17.0. The fraction of sp³-hybridized carbons (Fsp3) is 0.321. The summed E-state index contributed by atoms with van der Waals surface area (Å²) < 4.78 is 10.7. The van der Waals surface area contributed by atoms with E-state index in [1.807, 2.05) is 60.5 Å². The van der Waals surface area contributed by atoms with Crippen molar-refractivity contribution in [2.24, 2.45) is 5.92 Å². The zero-order chi connectivity index (χ0) is 24.5. The molecule has 1 fully saturated rings. The molecule has 1 saturated heterocycles. The summed E-state index contributed by atoms with van der Waals surface area (Å²) in [6.45, 7) is 0.659. The smallest absolute Gasteiger partial charge is 0.322 e. The molecule has 2 N–H and O–H groups in total. The van der Waals surface area contributed by atoms with Gasteiger partial charge in [0.25, 0.3) is 0 Å². The first kappa shape index (κ1) is 23.1. The molecule has 3 aromatic carbocycles. The highest BCUT2D eigenvalue weighted by atomic mass is 16.5. The van der Waals surface area contributed by atoms with E-state index in [4.69, 9.17) is 9.47 Å². The van der Waals surface area contributed by atoms with Crippen LogP contribution in [0.4, 0.5) is 16.2 Å². The Morgan fingerprint density at radius 3 is 2.49 bits per heavy atom. The van der Waals surface area contributed by atoms with Gasteiger partial charge >= 0.3 is 6.03 Å². The third-order valence-electron chi connectivity index (χ3n) is 7.38. The molecule has 0 unspecified atom stereocenters. The Kier molecular flexibility index (Phi) is 6.26. The number of amides is 2. The maximum Gasteiger partial charge on any atom is 0.322 e. The summed E-state index contributed by atoms with van der Waals surface area (Å²) in [6.07, 6.45) is 0.825. The molecule has 2 amide bonds. The molecular weight excluding hydrogens is 442 g/mol. The van der Waals surface area contributed by atoms with Crippen LogP contribution in [0.2, 0.25) is 0 Å². The average Bonchev–Trinajstić information content (AvgIpc) is 3.34. The normalized spacial score (nSPS) is 20.7. The molecule has 0 bridgehead atoms. The van der Waals surface area contributed by atoms with Crippen LogP contribution >= 0.6 is 0 Å². The number of anilines is 2. The van der Waals surface area contributed by atoms with Crippen LogP contribution in [0.25, 0.3) is 11.1 Å². The largest absolute Gasteiger partial charge is 0.497 e. The molecule has 2 heterocycles. The van der Waals surface area contributed by atoms with Crippen molar-refractivity contribution in [1.29, 1.82) is 0 Å². The Bertz CT molecular complexity index is 1210. The minimum atomic E-state index is -0.163. The number of hydrogen-bond donors (Lipinski definition) is 2. The highest BCUT2D eigenvalue weighted by Gasteiger charge is 2.47. The lowest BCUT2D eigenvalue weighted by molar-refractivity contribution is 0.168. The van der Waals surface area contributed by atoms with E-state index < -0.39 is 0 Å². The maximum absolute atomic E-state index is 13.5. The van der Waals surface area contributed by atoms with Crippen molar-refractivity contribution in [3.05, 3.63) is 72.3 Å². The average molecular weight is 474 g/mol. The molecule has 7 nitrogen and oxygen atoms in total. The highest BCUT2D eigenvalue weighted by molar-refractivity contribution is 5.92. The number of para-hydroxylation sites is 2. The topological polar surface area (TPSA) is 74.3 Å². The summed E-state index contributed by atoms with van der Waals surface area (Å²) in [4.78, 5) is 17.6. The van der Waals surface area contributed by atoms with Crippen LogP contribution < -0.4 is 19.7 Å². The summed E-state index contributed by atoms with van der Waals surface area (Å²) >= 11 is 0. The van der Waals surface area contributed by atoms with Gasteiger partial charge in [0, 0.05) is 25.2 Å². The third-order valence-corrected chi connectivity index (χ3v) is 7.38. The number of hydrogen-bond acceptors (Lipinski definition) is 5. The highest BCUT2D eigenvalue weighted by Crippen LogP contribution is 2.49. The van der Waals surface area contributed by atoms with Gasteiger partial charge < -0.3 is 29.7 Å². The van der Waals surface area contributed by atoms with Crippen molar-refractivity contribution in [2.45, 2.75) is 18.5 Å². The van der Waals surface area contributed by atoms with Gasteiger partial charge in [-0.3, -0.25) is 0 Å². The Balaban J connectivity index is 1.52. The zero-order valence-electron chi connectivity index (χ0n) is 20.3. The fourth-order valence-electron chi connectivity index (χ4n) is 5.58. The number of aliphatic hydroxyl groups is 1. The number of benzene rings is 3. The van der Waals surface area contributed by atoms with Crippen molar-refractivity contribution in [3.8, 4) is 22.6 Å². The number of carbonyl (C=O) groups excluding carboxylic acids is 1. The zero-order valence-corrected chi connectivity index (χ0v) is 20.3. The van der Waals surface area contributed by atoms with Gasteiger partial charge in [0.2, 0.25) is 0 Å². The van der Waals surface area contributed by atoms with Gasteiger partial charge in [0.05, 0.1) is 38.6 Å². The molecular formula is C28H31N3O4. The van der Waals surface area contributed by atoms with Crippen LogP contribution in [0.3, 0.4) is 0 Å². The molecule has 35 heavy (non-hydrogen) atoms. The Morgan fingerprint density at radius 2 is 1.77 bits per heavy atom. The van der Waals surface area contributed by atoms with Crippen molar-refractivity contribution in [1.82, 2.24) is 4.90 Å². The predicted octanol–water partition coefficient (Wildman–Crippen LogP) is 4.78. The van der Waals surface area contributed by atoms with Crippen LogP contribution in [0.1, 0.15) is 18.0 Å². The molecule has 5 rings (SSSR count). The molecule has 0 radical (unpaired) electrons. The Morgan fingerprint density at radius 1 is 1.03 bits per heavy atom. The van der Waals surface area contributed by atoms with E-state index in [1.54, 1.807) is 14.2 Å². The quantitative estimate of drug-likeness (QED) is 0.558. The maximum atomic E-state index is 13.5. The Hall–Kier alpha value is -3.71. The second-order valence-corrected chi connectivity index (χ2v) is 9.08. The van der Waals surface area contributed by atoms with Gasteiger partial charge in [-0.15, -0.1) is 0 Å². The van der Waals surface area contributed by atoms with Gasteiger partial charge in [-0.05, 0) is 59.5 Å².